The molecular weight excluding hydrogens is 286 g/mol. The van der Waals surface area contributed by atoms with Crippen LogP contribution in [0, 0.1) is 0 Å². The number of aromatic nitrogens is 2. The number of anilines is 1. The Balaban J connectivity index is 1.82. The summed E-state index contributed by atoms with van der Waals surface area (Å²) in [6, 6.07) is 10.7. The Labute approximate surface area is 137 Å². The predicted molar refractivity (Wildman–Crippen MR) is 91.7 cm³/mol. The third kappa shape index (κ3) is 2.83. The van der Waals surface area contributed by atoms with Gasteiger partial charge in [0.15, 0.2) is 5.82 Å². The SMILES string of the molecule is CC1COCCN1c1nc(-c2ccccc2)nc2c1CCCC2. The largest absolute Gasteiger partial charge is 0.377 e. The van der Waals surface area contributed by atoms with Crippen molar-refractivity contribution in [3.8, 4) is 11.4 Å². The number of hydrogen-bond acceptors (Lipinski definition) is 4. The van der Waals surface area contributed by atoms with Crippen LogP contribution in [0.3, 0.4) is 0 Å². The maximum atomic E-state index is 5.61. The second kappa shape index (κ2) is 6.28. The van der Waals surface area contributed by atoms with Gasteiger partial charge in [-0.1, -0.05) is 30.3 Å². The van der Waals surface area contributed by atoms with Crippen LogP contribution >= 0.6 is 0 Å². The first-order valence-corrected chi connectivity index (χ1v) is 8.62. The van der Waals surface area contributed by atoms with Crippen LogP contribution in [-0.4, -0.2) is 35.8 Å². The van der Waals surface area contributed by atoms with Crippen molar-refractivity contribution in [2.24, 2.45) is 0 Å². The molecule has 1 atom stereocenters. The van der Waals surface area contributed by atoms with Gasteiger partial charge in [-0.3, -0.25) is 0 Å². The van der Waals surface area contributed by atoms with Crippen LogP contribution in [0.1, 0.15) is 31.0 Å². The fourth-order valence-electron chi connectivity index (χ4n) is 3.57. The van der Waals surface area contributed by atoms with Crippen LogP contribution in [0.5, 0.6) is 0 Å². The Morgan fingerprint density at radius 2 is 1.91 bits per heavy atom. The Morgan fingerprint density at radius 1 is 1.09 bits per heavy atom. The molecule has 1 unspecified atom stereocenters. The first-order valence-electron chi connectivity index (χ1n) is 8.62. The number of benzene rings is 1. The lowest BCUT2D eigenvalue weighted by atomic mass is 9.95. The van der Waals surface area contributed by atoms with E-state index in [1.807, 2.05) is 6.07 Å². The zero-order valence-corrected chi connectivity index (χ0v) is 13.7. The molecule has 1 aromatic carbocycles. The van der Waals surface area contributed by atoms with Gasteiger partial charge in [0, 0.05) is 23.4 Å². The van der Waals surface area contributed by atoms with Crippen molar-refractivity contribution >= 4 is 5.82 Å². The molecule has 1 fully saturated rings. The van der Waals surface area contributed by atoms with Crippen molar-refractivity contribution in [1.29, 1.82) is 0 Å². The maximum Gasteiger partial charge on any atom is 0.161 e. The van der Waals surface area contributed by atoms with E-state index in [1.54, 1.807) is 0 Å². The van der Waals surface area contributed by atoms with E-state index < -0.39 is 0 Å². The van der Waals surface area contributed by atoms with E-state index in [9.17, 15) is 0 Å². The first kappa shape index (κ1) is 14.6. The molecule has 2 aliphatic rings. The minimum absolute atomic E-state index is 0.369. The van der Waals surface area contributed by atoms with Gasteiger partial charge in [0.2, 0.25) is 0 Å². The Kier molecular flexibility index (Phi) is 4.00. The van der Waals surface area contributed by atoms with Crippen LogP contribution in [-0.2, 0) is 17.6 Å². The number of ether oxygens (including phenoxy) is 1. The van der Waals surface area contributed by atoms with Crippen LogP contribution in [0.15, 0.2) is 30.3 Å². The number of fused-ring (bicyclic) bond motifs is 1. The second-order valence-electron chi connectivity index (χ2n) is 6.49. The van der Waals surface area contributed by atoms with Gasteiger partial charge in [-0.25, -0.2) is 9.97 Å². The zero-order valence-electron chi connectivity index (χ0n) is 13.7. The molecule has 0 saturated carbocycles. The van der Waals surface area contributed by atoms with Crippen molar-refractivity contribution in [3.05, 3.63) is 41.6 Å². The lowest BCUT2D eigenvalue weighted by Crippen LogP contribution is -2.45. The van der Waals surface area contributed by atoms with Gasteiger partial charge >= 0.3 is 0 Å². The van der Waals surface area contributed by atoms with Crippen molar-refractivity contribution in [2.45, 2.75) is 38.6 Å². The highest BCUT2D eigenvalue weighted by Crippen LogP contribution is 2.32. The van der Waals surface area contributed by atoms with E-state index in [4.69, 9.17) is 14.7 Å². The first-order chi connectivity index (χ1) is 11.3. The molecule has 0 N–H and O–H groups in total. The molecule has 0 bridgehead atoms. The van der Waals surface area contributed by atoms with Gasteiger partial charge < -0.3 is 9.64 Å². The smallest absolute Gasteiger partial charge is 0.161 e. The van der Waals surface area contributed by atoms with Crippen LogP contribution < -0.4 is 4.90 Å². The molecule has 4 nitrogen and oxygen atoms in total. The molecule has 0 amide bonds. The zero-order chi connectivity index (χ0) is 15.6. The molecule has 4 rings (SSSR count). The number of morpholine rings is 1. The molecule has 1 aliphatic carbocycles. The summed E-state index contributed by atoms with van der Waals surface area (Å²) < 4.78 is 5.61. The third-order valence-corrected chi connectivity index (χ3v) is 4.83. The van der Waals surface area contributed by atoms with Crippen LogP contribution in [0.2, 0.25) is 0 Å². The van der Waals surface area contributed by atoms with E-state index in [-0.39, 0.29) is 0 Å². The van der Waals surface area contributed by atoms with E-state index in [0.717, 1.165) is 49.8 Å². The highest BCUT2D eigenvalue weighted by Gasteiger charge is 2.26. The lowest BCUT2D eigenvalue weighted by Gasteiger charge is -2.36. The summed E-state index contributed by atoms with van der Waals surface area (Å²) in [4.78, 5) is 12.3. The van der Waals surface area contributed by atoms with Gasteiger partial charge in [0.05, 0.1) is 19.3 Å². The van der Waals surface area contributed by atoms with Gasteiger partial charge in [-0.2, -0.15) is 0 Å². The van der Waals surface area contributed by atoms with Crippen LogP contribution in [0.4, 0.5) is 5.82 Å². The number of nitrogens with zero attached hydrogens (tertiary/aromatic N) is 3. The fraction of sp³-hybridized carbons (Fsp3) is 0.474. The summed E-state index contributed by atoms with van der Waals surface area (Å²) in [6.07, 6.45) is 4.65. The van der Waals surface area contributed by atoms with E-state index in [2.05, 4.69) is 36.1 Å². The Hall–Kier alpha value is -1.94. The molecule has 1 aromatic heterocycles. The summed E-state index contributed by atoms with van der Waals surface area (Å²) in [5, 5.41) is 0. The molecule has 2 heterocycles. The van der Waals surface area contributed by atoms with E-state index >= 15 is 0 Å². The lowest BCUT2D eigenvalue weighted by molar-refractivity contribution is 0.0984. The average molecular weight is 309 g/mol. The molecule has 4 heteroatoms. The van der Waals surface area contributed by atoms with Gasteiger partial charge in [0.1, 0.15) is 5.82 Å². The quantitative estimate of drug-likeness (QED) is 0.853. The molecular formula is C19H23N3O. The maximum absolute atomic E-state index is 5.61. The van der Waals surface area contributed by atoms with Gasteiger partial charge in [-0.15, -0.1) is 0 Å². The molecule has 0 spiro atoms. The number of rotatable bonds is 2. The number of hydrogen-bond donors (Lipinski definition) is 0. The fourth-order valence-corrected chi connectivity index (χ4v) is 3.57. The highest BCUT2D eigenvalue weighted by atomic mass is 16.5. The topological polar surface area (TPSA) is 38.2 Å². The minimum Gasteiger partial charge on any atom is -0.377 e. The van der Waals surface area contributed by atoms with Crippen molar-refractivity contribution < 1.29 is 4.74 Å². The average Bonchev–Trinajstić information content (AvgIpc) is 2.62. The van der Waals surface area contributed by atoms with Crippen molar-refractivity contribution in [2.75, 3.05) is 24.7 Å². The van der Waals surface area contributed by atoms with E-state index in [1.165, 1.54) is 24.1 Å². The normalized spacial score (nSPS) is 21.1. The Bertz CT molecular complexity index is 687. The third-order valence-electron chi connectivity index (χ3n) is 4.83. The number of aryl methyl sites for hydroxylation is 1. The molecule has 2 aromatic rings. The summed E-state index contributed by atoms with van der Waals surface area (Å²) in [5.74, 6) is 2.00. The molecule has 1 aliphatic heterocycles. The van der Waals surface area contributed by atoms with Gasteiger partial charge in [-0.05, 0) is 32.6 Å². The summed E-state index contributed by atoms with van der Waals surface area (Å²) in [6.45, 7) is 4.70. The molecule has 1 saturated heterocycles. The van der Waals surface area contributed by atoms with E-state index in [0.29, 0.717) is 6.04 Å². The van der Waals surface area contributed by atoms with Crippen molar-refractivity contribution in [3.63, 3.8) is 0 Å². The monoisotopic (exact) mass is 309 g/mol. The van der Waals surface area contributed by atoms with Gasteiger partial charge in [0.25, 0.3) is 0 Å². The predicted octanol–water partition coefficient (Wildman–Crippen LogP) is 3.25. The summed E-state index contributed by atoms with van der Waals surface area (Å²) >= 11 is 0. The standard InChI is InChI=1S/C19H23N3O/c1-14-13-23-12-11-22(14)19-16-9-5-6-10-17(16)20-18(21-19)15-7-3-2-4-8-15/h2-4,7-8,14H,5-6,9-13H2,1H3. The molecule has 120 valence electrons. The summed E-state index contributed by atoms with van der Waals surface area (Å²) in [5.41, 5.74) is 3.71. The summed E-state index contributed by atoms with van der Waals surface area (Å²) in [7, 11) is 0. The molecule has 0 radical (unpaired) electrons. The highest BCUT2D eigenvalue weighted by molar-refractivity contribution is 5.61. The Morgan fingerprint density at radius 3 is 2.74 bits per heavy atom. The second-order valence-corrected chi connectivity index (χ2v) is 6.49. The molecule has 23 heavy (non-hydrogen) atoms. The van der Waals surface area contributed by atoms with Crippen LogP contribution in [0.25, 0.3) is 11.4 Å². The van der Waals surface area contributed by atoms with Crippen molar-refractivity contribution in [1.82, 2.24) is 9.97 Å². The minimum atomic E-state index is 0.369.